The Morgan fingerprint density at radius 1 is 1.00 bits per heavy atom. The first kappa shape index (κ1) is 17.5. The van der Waals surface area contributed by atoms with E-state index in [1.807, 2.05) is 0 Å². The zero-order chi connectivity index (χ0) is 18.5. The van der Waals surface area contributed by atoms with Gasteiger partial charge in [-0.05, 0) is 36.4 Å². The number of rotatable bonds is 4. The van der Waals surface area contributed by atoms with E-state index in [9.17, 15) is 14.4 Å². The van der Waals surface area contributed by atoms with E-state index in [0.717, 1.165) is 0 Å². The summed E-state index contributed by atoms with van der Waals surface area (Å²) in [5.74, 6) is -2.04. The largest absolute Gasteiger partial charge is 0.450 e. The Balaban J connectivity index is 1.50. The summed E-state index contributed by atoms with van der Waals surface area (Å²) in [5.41, 5.74) is 5.23. The van der Waals surface area contributed by atoms with Crippen molar-refractivity contribution in [3.63, 3.8) is 0 Å². The maximum Gasteiger partial charge on any atom is 0.374 e. The van der Waals surface area contributed by atoms with Crippen molar-refractivity contribution in [1.82, 2.24) is 10.9 Å². The molecule has 0 aliphatic heterocycles. The Hall–Kier alpha value is -3.32. The fourth-order valence-electron chi connectivity index (χ4n) is 2.14. The van der Waals surface area contributed by atoms with Crippen molar-refractivity contribution in [2.75, 3.05) is 6.61 Å². The molecule has 1 aromatic heterocycles. The van der Waals surface area contributed by atoms with Crippen molar-refractivity contribution < 1.29 is 23.5 Å². The maximum absolute atomic E-state index is 11.9. The van der Waals surface area contributed by atoms with Crippen LogP contribution in [0.3, 0.4) is 0 Å². The average Bonchev–Trinajstić information content (AvgIpc) is 3.08. The highest BCUT2D eigenvalue weighted by molar-refractivity contribution is 6.31. The monoisotopic (exact) mass is 372 g/mol. The maximum atomic E-state index is 11.9. The fraction of sp³-hybridized carbons (Fsp3) is 0.0556. The molecule has 0 aliphatic carbocycles. The van der Waals surface area contributed by atoms with Gasteiger partial charge in [0.1, 0.15) is 5.58 Å². The average molecular weight is 373 g/mol. The van der Waals surface area contributed by atoms with Crippen molar-refractivity contribution in [2.45, 2.75) is 0 Å². The van der Waals surface area contributed by atoms with Crippen molar-refractivity contribution >= 4 is 40.4 Å². The molecule has 8 heteroatoms. The lowest BCUT2D eigenvalue weighted by Crippen LogP contribution is -2.43. The molecule has 26 heavy (non-hydrogen) atoms. The minimum Gasteiger partial charge on any atom is -0.450 e. The number of benzene rings is 2. The minimum atomic E-state index is -0.804. The number of hydrazine groups is 1. The van der Waals surface area contributed by atoms with Gasteiger partial charge in [0, 0.05) is 16.0 Å². The van der Waals surface area contributed by atoms with Gasteiger partial charge in [-0.1, -0.05) is 29.8 Å². The highest BCUT2D eigenvalue weighted by atomic mass is 35.5. The Morgan fingerprint density at radius 3 is 2.54 bits per heavy atom. The Labute approximate surface area is 152 Å². The third kappa shape index (κ3) is 4.20. The number of hydrogen-bond acceptors (Lipinski definition) is 5. The van der Waals surface area contributed by atoms with Gasteiger partial charge < -0.3 is 9.15 Å². The molecule has 0 atom stereocenters. The Bertz CT molecular complexity index is 968. The molecule has 2 amide bonds. The van der Waals surface area contributed by atoms with E-state index >= 15 is 0 Å². The highest BCUT2D eigenvalue weighted by Crippen LogP contribution is 2.23. The zero-order valence-corrected chi connectivity index (χ0v) is 14.1. The van der Waals surface area contributed by atoms with Crippen LogP contribution in [0.5, 0.6) is 0 Å². The number of fused-ring (bicyclic) bond motifs is 1. The molecule has 0 bridgehead atoms. The Kier molecular flexibility index (Phi) is 5.19. The fourth-order valence-corrected chi connectivity index (χ4v) is 2.32. The molecule has 3 rings (SSSR count). The van der Waals surface area contributed by atoms with Gasteiger partial charge in [-0.15, -0.1) is 0 Å². The van der Waals surface area contributed by atoms with Crippen LogP contribution in [0.15, 0.2) is 59.0 Å². The summed E-state index contributed by atoms with van der Waals surface area (Å²) in [4.78, 5) is 35.4. The summed E-state index contributed by atoms with van der Waals surface area (Å²) in [6, 6.07) is 14.7. The summed E-state index contributed by atoms with van der Waals surface area (Å²) < 4.78 is 10.2. The molecule has 0 spiro atoms. The van der Waals surface area contributed by atoms with Gasteiger partial charge >= 0.3 is 5.97 Å². The first-order chi connectivity index (χ1) is 12.5. The van der Waals surface area contributed by atoms with Gasteiger partial charge in [0.2, 0.25) is 5.76 Å². The zero-order valence-electron chi connectivity index (χ0n) is 13.3. The summed E-state index contributed by atoms with van der Waals surface area (Å²) in [7, 11) is 0. The van der Waals surface area contributed by atoms with Crippen LogP contribution in [0, 0.1) is 0 Å². The van der Waals surface area contributed by atoms with Crippen LogP contribution < -0.4 is 10.9 Å². The van der Waals surface area contributed by atoms with Gasteiger partial charge in [-0.2, -0.15) is 0 Å². The predicted octanol–water partition coefficient (Wildman–Crippen LogP) is 2.70. The van der Waals surface area contributed by atoms with Gasteiger partial charge in [-0.25, -0.2) is 4.79 Å². The molecular weight excluding hydrogens is 360 g/mol. The Morgan fingerprint density at radius 2 is 1.77 bits per heavy atom. The smallest absolute Gasteiger partial charge is 0.374 e. The van der Waals surface area contributed by atoms with Crippen LogP contribution in [0.4, 0.5) is 0 Å². The number of carbonyl (C=O) groups excluding carboxylic acids is 3. The molecule has 2 aromatic carbocycles. The number of hydrogen-bond donors (Lipinski definition) is 2. The normalized spacial score (nSPS) is 10.3. The molecule has 0 aliphatic rings. The van der Waals surface area contributed by atoms with E-state index in [-0.39, 0.29) is 5.76 Å². The van der Waals surface area contributed by atoms with Crippen molar-refractivity contribution in [3.8, 4) is 0 Å². The predicted molar refractivity (Wildman–Crippen MR) is 93.6 cm³/mol. The minimum absolute atomic E-state index is 0.0524. The summed E-state index contributed by atoms with van der Waals surface area (Å²) >= 11 is 5.87. The molecular formula is C18H13ClN2O5. The van der Waals surface area contributed by atoms with Gasteiger partial charge in [0.15, 0.2) is 6.61 Å². The number of nitrogens with one attached hydrogen (secondary N) is 2. The van der Waals surface area contributed by atoms with E-state index < -0.39 is 24.4 Å². The summed E-state index contributed by atoms with van der Waals surface area (Å²) in [5, 5.41) is 1.15. The lowest BCUT2D eigenvalue weighted by molar-refractivity contribution is -0.125. The van der Waals surface area contributed by atoms with Crippen LogP contribution >= 0.6 is 11.6 Å². The molecule has 0 saturated heterocycles. The number of ether oxygens (including phenoxy) is 1. The lowest BCUT2D eigenvalue weighted by atomic mass is 10.2. The van der Waals surface area contributed by atoms with E-state index in [4.69, 9.17) is 20.8 Å². The lowest BCUT2D eigenvalue weighted by Gasteiger charge is -2.07. The molecule has 0 unspecified atom stereocenters. The molecule has 0 saturated carbocycles. The molecule has 132 valence electrons. The third-order valence-electron chi connectivity index (χ3n) is 3.37. The number of furan rings is 1. The van der Waals surface area contributed by atoms with E-state index in [1.165, 1.54) is 6.07 Å². The van der Waals surface area contributed by atoms with Crippen molar-refractivity contribution in [3.05, 3.63) is 70.9 Å². The van der Waals surface area contributed by atoms with Crippen LogP contribution in [-0.2, 0) is 9.53 Å². The van der Waals surface area contributed by atoms with E-state index in [2.05, 4.69) is 10.9 Å². The number of esters is 1. The quantitative estimate of drug-likeness (QED) is 0.542. The van der Waals surface area contributed by atoms with Crippen molar-refractivity contribution in [2.24, 2.45) is 0 Å². The van der Waals surface area contributed by atoms with Crippen molar-refractivity contribution in [1.29, 1.82) is 0 Å². The molecule has 0 radical (unpaired) electrons. The van der Waals surface area contributed by atoms with Gasteiger partial charge in [-0.3, -0.25) is 20.4 Å². The van der Waals surface area contributed by atoms with E-state index in [0.29, 0.717) is 21.6 Å². The van der Waals surface area contributed by atoms with Crippen LogP contribution in [0.25, 0.3) is 11.0 Å². The molecule has 3 aromatic rings. The first-order valence-corrected chi connectivity index (χ1v) is 7.91. The number of halogens is 1. The first-order valence-electron chi connectivity index (χ1n) is 7.53. The highest BCUT2D eigenvalue weighted by Gasteiger charge is 2.16. The molecule has 0 fully saturated rings. The molecule has 1 heterocycles. The molecule has 2 N–H and O–H groups in total. The topological polar surface area (TPSA) is 97.6 Å². The number of amides is 2. The molecule has 7 nitrogen and oxygen atoms in total. The summed E-state index contributed by atoms with van der Waals surface area (Å²) in [6.07, 6.45) is 0. The van der Waals surface area contributed by atoms with E-state index in [1.54, 1.807) is 48.5 Å². The summed E-state index contributed by atoms with van der Waals surface area (Å²) in [6.45, 7) is -0.578. The standard InChI is InChI=1S/C18H13ClN2O5/c19-13-6-7-14-12(8-13)9-15(26-14)18(24)25-10-16(22)20-21-17(23)11-4-2-1-3-5-11/h1-9H,10H2,(H,20,22)(H,21,23). The van der Waals surface area contributed by atoms with Gasteiger partial charge in [0.25, 0.3) is 11.8 Å². The van der Waals surface area contributed by atoms with Crippen LogP contribution in [0.1, 0.15) is 20.9 Å². The second-order valence-electron chi connectivity index (χ2n) is 5.24. The van der Waals surface area contributed by atoms with Crippen LogP contribution in [0.2, 0.25) is 5.02 Å². The SMILES string of the molecule is O=C(COC(=O)c1cc2cc(Cl)ccc2o1)NNC(=O)c1ccccc1. The second-order valence-corrected chi connectivity index (χ2v) is 5.67. The third-order valence-corrected chi connectivity index (χ3v) is 3.60. The van der Waals surface area contributed by atoms with Crippen LogP contribution in [-0.4, -0.2) is 24.4 Å². The van der Waals surface area contributed by atoms with Gasteiger partial charge in [0.05, 0.1) is 0 Å². The number of carbonyl (C=O) groups is 3. The second kappa shape index (κ2) is 7.71.